The lowest BCUT2D eigenvalue weighted by molar-refractivity contribution is -0.138. The van der Waals surface area contributed by atoms with Gasteiger partial charge in [-0.25, -0.2) is 4.39 Å². The molecular formula is C21H29FN2O3. The van der Waals surface area contributed by atoms with Gasteiger partial charge in [-0.1, -0.05) is 50.7 Å². The minimum Gasteiger partial charge on any atom is -0.324 e. The van der Waals surface area contributed by atoms with Crippen LogP contribution in [0.15, 0.2) is 24.3 Å². The van der Waals surface area contributed by atoms with Crippen molar-refractivity contribution in [1.82, 2.24) is 4.90 Å². The molecule has 0 radical (unpaired) electrons. The van der Waals surface area contributed by atoms with Crippen molar-refractivity contribution in [2.24, 2.45) is 0 Å². The van der Waals surface area contributed by atoms with Gasteiger partial charge in [0.25, 0.3) is 0 Å². The summed E-state index contributed by atoms with van der Waals surface area (Å²) >= 11 is 0. The first-order valence-electron chi connectivity index (χ1n) is 9.95. The highest BCUT2D eigenvalue weighted by Crippen LogP contribution is 2.15. The number of likely N-dealkylation sites (tertiary alicyclic amines) is 1. The fraction of sp³-hybridized carbons (Fsp3) is 0.571. The zero-order chi connectivity index (χ0) is 19.5. The summed E-state index contributed by atoms with van der Waals surface area (Å²) in [6, 6.07) is 6.18. The van der Waals surface area contributed by atoms with Crippen molar-refractivity contribution >= 4 is 23.4 Å². The number of amides is 3. The number of carbonyl (C=O) groups is 3. The predicted molar refractivity (Wildman–Crippen MR) is 103 cm³/mol. The molecule has 1 aliphatic rings. The zero-order valence-electron chi connectivity index (χ0n) is 15.8. The molecule has 0 bridgehead atoms. The van der Waals surface area contributed by atoms with E-state index in [1.807, 2.05) is 0 Å². The molecule has 1 N–H and O–H groups in total. The first-order chi connectivity index (χ1) is 13.1. The maximum absolute atomic E-state index is 13.4. The van der Waals surface area contributed by atoms with Crippen molar-refractivity contribution < 1.29 is 18.8 Å². The quantitative estimate of drug-likeness (QED) is 0.434. The Morgan fingerprint density at radius 3 is 2.07 bits per heavy atom. The van der Waals surface area contributed by atoms with Crippen LogP contribution in [0.4, 0.5) is 10.1 Å². The van der Waals surface area contributed by atoms with Gasteiger partial charge in [-0.05, 0) is 25.0 Å². The van der Waals surface area contributed by atoms with Crippen molar-refractivity contribution in [3.63, 3.8) is 0 Å². The Kier molecular flexibility index (Phi) is 8.95. The largest absolute Gasteiger partial charge is 0.324 e. The van der Waals surface area contributed by atoms with Gasteiger partial charge >= 0.3 is 0 Å². The van der Waals surface area contributed by atoms with Crippen LogP contribution >= 0.6 is 0 Å². The average molecular weight is 376 g/mol. The highest BCUT2D eigenvalue weighted by molar-refractivity contribution is 6.01. The smallest absolute Gasteiger partial charge is 0.229 e. The molecule has 27 heavy (non-hydrogen) atoms. The van der Waals surface area contributed by atoms with E-state index in [1.165, 1.54) is 11.0 Å². The standard InChI is InChI=1S/C21H29FN2O3/c22-17-11-8-9-12-18(17)23-19(25)13-7-5-3-1-2-4-6-10-16-24-20(26)14-15-21(24)27/h8-9,11-12H,1-7,10,13-16H2,(H,23,25). The van der Waals surface area contributed by atoms with Gasteiger partial charge in [0.2, 0.25) is 17.7 Å². The molecule has 0 spiro atoms. The van der Waals surface area contributed by atoms with Crippen molar-refractivity contribution in [3.05, 3.63) is 30.1 Å². The second kappa shape index (κ2) is 11.5. The van der Waals surface area contributed by atoms with Crippen LogP contribution in [0, 0.1) is 5.82 Å². The second-order valence-corrected chi connectivity index (χ2v) is 7.05. The highest BCUT2D eigenvalue weighted by atomic mass is 19.1. The molecule has 2 rings (SSSR count). The molecular weight excluding hydrogens is 347 g/mol. The summed E-state index contributed by atoms with van der Waals surface area (Å²) in [6.45, 7) is 0.564. The van der Waals surface area contributed by atoms with Crippen LogP contribution in [0.2, 0.25) is 0 Å². The monoisotopic (exact) mass is 376 g/mol. The van der Waals surface area contributed by atoms with E-state index in [-0.39, 0.29) is 23.4 Å². The Hall–Kier alpha value is -2.24. The molecule has 1 aliphatic heterocycles. The van der Waals surface area contributed by atoms with E-state index in [0.717, 1.165) is 51.4 Å². The molecule has 1 fully saturated rings. The van der Waals surface area contributed by atoms with Crippen molar-refractivity contribution in [2.45, 2.75) is 70.6 Å². The van der Waals surface area contributed by atoms with Crippen LogP contribution in [0.1, 0.15) is 70.6 Å². The lowest BCUT2D eigenvalue weighted by Gasteiger charge is -2.13. The van der Waals surface area contributed by atoms with Gasteiger partial charge in [-0.15, -0.1) is 0 Å². The van der Waals surface area contributed by atoms with Crippen LogP contribution in [-0.2, 0) is 14.4 Å². The Morgan fingerprint density at radius 1 is 0.889 bits per heavy atom. The van der Waals surface area contributed by atoms with E-state index in [4.69, 9.17) is 0 Å². The van der Waals surface area contributed by atoms with Gasteiger partial charge in [0.05, 0.1) is 5.69 Å². The number of halogens is 1. The summed E-state index contributed by atoms with van der Waals surface area (Å²) < 4.78 is 13.4. The van der Waals surface area contributed by atoms with E-state index in [0.29, 0.717) is 25.8 Å². The third kappa shape index (κ3) is 7.49. The molecule has 6 heteroatoms. The van der Waals surface area contributed by atoms with E-state index < -0.39 is 5.82 Å². The fourth-order valence-corrected chi connectivity index (χ4v) is 3.26. The number of imide groups is 1. The Morgan fingerprint density at radius 2 is 1.44 bits per heavy atom. The third-order valence-corrected chi connectivity index (χ3v) is 4.84. The van der Waals surface area contributed by atoms with Crippen molar-refractivity contribution in [3.8, 4) is 0 Å². The lowest BCUT2D eigenvalue weighted by Crippen LogP contribution is -2.29. The number of unbranched alkanes of at least 4 members (excludes halogenated alkanes) is 7. The number of benzene rings is 1. The van der Waals surface area contributed by atoms with E-state index in [2.05, 4.69) is 5.32 Å². The van der Waals surface area contributed by atoms with Crippen LogP contribution in [0.5, 0.6) is 0 Å². The minimum absolute atomic E-state index is 0.0287. The number of rotatable bonds is 12. The molecule has 1 saturated heterocycles. The molecule has 5 nitrogen and oxygen atoms in total. The lowest BCUT2D eigenvalue weighted by atomic mass is 10.1. The molecule has 3 amide bonds. The number of nitrogens with zero attached hydrogens (tertiary/aromatic N) is 1. The summed E-state index contributed by atoms with van der Waals surface area (Å²) in [5.74, 6) is -0.617. The highest BCUT2D eigenvalue weighted by Gasteiger charge is 2.27. The normalized spacial score (nSPS) is 14.0. The summed E-state index contributed by atoms with van der Waals surface area (Å²) in [5.41, 5.74) is 0.236. The minimum atomic E-state index is -0.413. The number of carbonyl (C=O) groups excluding carboxylic acids is 3. The fourth-order valence-electron chi connectivity index (χ4n) is 3.26. The molecule has 0 aliphatic carbocycles. The Labute approximate surface area is 160 Å². The van der Waals surface area contributed by atoms with E-state index in [9.17, 15) is 18.8 Å². The molecule has 1 aromatic carbocycles. The van der Waals surface area contributed by atoms with Crippen LogP contribution in [0.25, 0.3) is 0 Å². The number of nitrogens with one attached hydrogen (secondary N) is 1. The average Bonchev–Trinajstić information content (AvgIpc) is 2.97. The maximum Gasteiger partial charge on any atom is 0.229 e. The van der Waals surface area contributed by atoms with Crippen LogP contribution in [-0.4, -0.2) is 29.2 Å². The second-order valence-electron chi connectivity index (χ2n) is 7.05. The number of hydrogen-bond donors (Lipinski definition) is 1. The van der Waals surface area contributed by atoms with Gasteiger partial charge in [-0.3, -0.25) is 19.3 Å². The molecule has 1 aromatic rings. The molecule has 1 heterocycles. The first kappa shape index (κ1) is 21.1. The number of anilines is 1. The molecule has 0 aromatic heterocycles. The SMILES string of the molecule is O=C(CCCCCCCCCCN1C(=O)CCC1=O)Nc1ccccc1F. The number of hydrogen-bond acceptors (Lipinski definition) is 3. The molecule has 0 unspecified atom stereocenters. The van der Waals surface area contributed by atoms with Crippen LogP contribution < -0.4 is 5.32 Å². The summed E-state index contributed by atoms with van der Waals surface area (Å²) in [7, 11) is 0. The van der Waals surface area contributed by atoms with Crippen LogP contribution in [0.3, 0.4) is 0 Å². The Balaban J connectivity index is 1.41. The topological polar surface area (TPSA) is 66.5 Å². The van der Waals surface area contributed by atoms with Gasteiger partial charge < -0.3 is 5.32 Å². The molecule has 148 valence electrons. The summed E-state index contributed by atoms with van der Waals surface area (Å²) in [4.78, 5) is 36.1. The summed E-state index contributed by atoms with van der Waals surface area (Å²) in [5, 5.41) is 2.60. The van der Waals surface area contributed by atoms with E-state index >= 15 is 0 Å². The molecule has 0 atom stereocenters. The van der Waals surface area contributed by atoms with E-state index in [1.54, 1.807) is 18.2 Å². The Bertz CT molecular complexity index is 632. The third-order valence-electron chi connectivity index (χ3n) is 4.84. The van der Waals surface area contributed by atoms with Crippen molar-refractivity contribution in [1.29, 1.82) is 0 Å². The van der Waals surface area contributed by atoms with Gasteiger partial charge in [0.1, 0.15) is 5.82 Å². The maximum atomic E-state index is 13.4. The summed E-state index contributed by atoms with van der Waals surface area (Å²) in [6.07, 6.45) is 9.29. The zero-order valence-corrected chi connectivity index (χ0v) is 15.8. The molecule has 0 saturated carbocycles. The van der Waals surface area contributed by atoms with Gasteiger partial charge in [0, 0.05) is 25.8 Å². The van der Waals surface area contributed by atoms with Crippen molar-refractivity contribution in [2.75, 3.05) is 11.9 Å². The number of para-hydroxylation sites is 1. The predicted octanol–water partition coefficient (Wildman–Crippen LogP) is 4.42. The van der Waals surface area contributed by atoms with Gasteiger partial charge in [-0.2, -0.15) is 0 Å². The van der Waals surface area contributed by atoms with Gasteiger partial charge in [0.15, 0.2) is 0 Å². The first-order valence-corrected chi connectivity index (χ1v) is 9.95.